The number of phosphoric acid groups is 1. The van der Waals surface area contributed by atoms with Crippen LogP contribution in [0, 0.1) is 0 Å². The van der Waals surface area contributed by atoms with Gasteiger partial charge in [0.1, 0.15) is 67.6 Å². The van der Waals surface area contributed by atoms with E-state index in [4.69, 9.17) is 28.0 Å². The van der Waals surface area contributed by atoms with Gasteiger partial charge in [0, 0.05) is 12.8 Å². The number of rotatable bonds is 39. The Kier molecular flexibility index (Phi) is 33.8. The third kappa shape index (κ3) is 25.5. The molecular formula is C49H89O18P. The van der Waals surface area contributed by atoms with E-state index >= 15 is 0 Å². The molecule has 18 nitrogen and oxygen atoms in total. The molecule has 398 valence electrons. The Labute approximate surface area is 405 Å². The molecule has 0 radical (unpaired) electrons. The minimum absolute atomic E-state index is 0.0123. The summed E-state index contributed by atoms with van der Waals surface area (Å²) in [5, 5.41) is 82.9. The first-order chi connectivity index (χ1) is 32.7. The fourth-order valence-corrected chi connectivity index (χ4v) is 9.07. The Morgan fingerprint density at radius 3 is 1.49 bits per heavy atom. The van der Waals surface area contributed by atoms with Crippen LogP contribution in [-0.4, -0.2) is 151 Å². The van der Waals surface area contributed by atoms with Gasteiger partial charge in [-0.05, 0) is 64.2 Å². The average molecular weight is 997 g/mol. The number of phosphoric ester groups is 1. The van der Waals surface area contributed by atoms with Crippen LogP contribution in [0.15, 0.2) is 24.3 Å². The highest BCUT2D eigenvalue weighted by Gasteiger charge is 2.55. The number of esters is 2. The molecule has 1 aliphatic heterocycles. The fourth-order valence-electron chi connectivity index (χ4n) is 8.10. The van der Waals surface area contributed by atoms with Crippen molar-refractivity contribution in [2.24, 2.45) is 0 Å². The zero-order valence-electron chi connectivity index (χ0n) is 40.9. The first-order valence-electron chi connectivity index (χ1n) is 25.7. The Morgan fingerprint density at radius 1 is 0.544 bits per heavy atom. The molecule has 0 bridgehead atoms. The van der Waals surface area contributed by atoms with E-state index in [1.54, 1.807) is 0 Å². The summed E-state index contributed by atoms with van der Waals surface area (Å²) in [6.07, 6.45) is 11.2. The highest BCUT2D eigenvalue weighted by atomic mass is 31.2. The number of aliphatic hydroxyl groups excluding tert-OH is 8. The van der Waals surface area contributed by atoms with Crippen LogP contribution in [0.2, 0.25) is 0 Å². The standard InChI is InChI=1S/C49H89O18P/c1-3-5-7-9-11-13-15-17-18-20-21-23-25-27-29-31-38(51)62-34-36(64-39(52)32-30-28-26-24-22-19-16-14-12-10-8-6-4-2)35-63-68(60,61)67-48-45(58)43(56)42(55)44(57)47(48)66-49-46(59)41(54)40(53)37(33-50)65-49/h13,15,19,22,36-37,40-50,53-59H,3-12,14,16-18,20-21,23-35H2,1-2H3,(H,60,61). The smallest absolute Gasteiger partial charge is 0.462 e. The summed E-state index contributed by atoms with van der Waals surface area (Å²) in [6, 6.07) is 0. The Balaban J connectivity index is 1.95. The molecule has 9 N–H and O–H groups in total. The zero-order chi connectivity index (χ0) is 50.2. The van der Waals surface area contributed by atoms with Crippen molar-refractivity contribution in [3.8, 4) is 0 Å². The Hall–Kier alpha value is -1.87. The molecule has 0 amide bonds. The van der Waals surface area contributed by atoms with E-state index in [9.17, 15) is 59.9 Å². The van der Waals surface area contributed by atoms with Gasteiger partial charge in [-0.1, -0.05) is 128 Å². The maximum absolute atomic E-state index is 13.4. The van der Waals surface area contributed by atoms with Gasteiger partial charge in [-0.2, -0.15) is 0 Å². The number of carbonyl (C=O) groups is 2. The minimum Gasteiger partial charge on any atom is -0.462 e. The number of hydrogen-bond donors (Lipinski definition) is 9. The second-order valence-corrected chi connectivity index (χ2v) is 19.8. The van der Waals surface area contributed by atoms with Crippen molar-refractivity contribution < 1.29 is 87.9 Å². The molecule has 68 heavy (non-hydrogen) atoms. The van der Waals surface area contributed by atoms with Crippen LogP contribution in [0.5, 0.6) is 0 Å². The monoisotopic (exact) mass is 997 g/mol. The van der Waals surface area contributed by atoms with Crippen molar-refractivity contribution in [2.75, 3.05) is 19.8 Å². The van der Waals surface area contributed by atoms with Crippen molar-refractivity contribution in [1.82, 2.24) is 0 Å². The van der Waals surface area contributed by atoms with Crippen LogP contribution in [0.25, 0.3) is 0 Å². The van der Waals surface area contributed by atoms with Crippen LogP contribution in [-0.2, 0) is 42.1 Å². The highest BCUT2D eigenvalue weighted by molar-refractivity contribution is 7.47. The predicted octanol–water partition coefficient (Wildman–Crippen LogP) is 5.88. The molecule has 0 aromatic rings. The molecule has 19 heteroatoms. The van der Waals surface area contributed by atoms with E-state index in [0.717, 1.165) is 77.0 Å². The summed E-state index contributed by atoms with van der Waals surface area (Å²) < 4.78 is 45.4. The molecule has 1 saturated carbocycles. The number of ether oxygens (including phenoxy) is 4. The van der Waals surface area contributed by atoms with Gasteiger partial charge < -0.3 is 64.7 Å². The second-order valence-electron chi connectivity index (χ2n) is 18.4. The van der Waals surface area contributed by atoms with E-state index in [0.29, 0.717) is 12.8 Å². The van der Waals surface area contributed by atoms with Gasteiger partial charge in [-0.3, -0.25) is 18.6 Å². The average Bonchev–Trinajstić information content (AvgIpc) is 3.32. The molecule has 0 aromatic carbocycles. The summed E-state index contributed by atoms with van der Waals surface area (Å²) in [5.41, 5.74) is 0. The summed E-state index contributed by atoms with van der Waals surface area (Å²) in [7, 11) is -5.38. The number of hydrogen-bond acceptors (Lipinski definition) is 17. The van der Waals surface area contributed by atoms with Gasteiger partial charge in [0.15, 0.2) is 12.4 Å². The lowest BCUT2D eigenvalue weighted by Crippen LogP contribution is -2.67. The predicted molar refractivity (Wildman–Crippen MR) is 254 cm³/mol. The SMILES string of the molecule is CCCCCCC=CCCCCCCCCCC(=O)OCC(COP(=O)(O)OC1C(O)C(O)C(O)C(O)C1OC1OC(CO)C(O)C(O)C1O)OC(=O)CCCCCC=CCCCCCCCC. The van der Waals surface area contributed by atoms with Gasteiger partial charge in [0.25, 0.3) is 0 Å². The third-order valence-electron chi connectivity index (χ3n) is 12.4. The fraction of sp³-hybridized carbons (Fsp3) is 0.878. The van der Waals surface area contributed by atoms with Crippen LogP contribution in [0.3, 0.4) is 0 Å². The van der Waals surface area contributed by atoms with Crippen LogP contribution in [0.4, 0.5) is 0 Å². The molecule has 13 atom stereocenters. The Morgan fingerprint density at radius 2 is 0.971 bits per heavy atom. The molecule has 1 heterocycles. The van der Waals surface area contributed by atoms with E-state index < -0.39 is 113 Å². The van der Waals surface area contributed by atoms with Crippen LogP contribution >= 0.6 is 7.82 Å². The molecule has 2 rings (SSSR count). The lowest BCUT2D eigenvalue weighted by molar-refractivity contribution is -0.338. The van der Waals surface area contributed by atoms with Crippen molar-refractivity contribution in [3.05, 3.63) is 24.3 Å². The largest absolute Gasteiger partial charge is 0.472 e. The first kappa shape index (κ1) is 62.2. The molecule has 2 fully saturated rings. The summed E-state index contributed by atoms with van der Waals surface area (Å²) in [5.74, 6) is -1.24. The highest BCUT2D eigenvalue weighted by Crippen LogP contribution is 2.48. The van der Waals surface area contributed by atoms with Gasteiger partial charge in [0.2, 0.25) is 0 Å². The molecule has 13 unspecified atom stereocenters. The third-order valence-corrected chi connectivity index (χ3v) is 13.4. The topological polar surface area (TPSA) is 289 Å². The van der Waals surface area contributed by atoms with Gasteiger partial charge in [-0.25, -0.2) is 4.57 Å². The van der Waals surface area contributed by atoms with Gasteiger partial charge in [0.05, 0.1) is 13.2 Å². The summed E-state index contributed by atoms with van der Waals surface area (Å²) in [6.45, 7) is 2.19. The van der Waals surface area contributed by atoms with E-state index in [1.807, 2.05) is 0 Å². The quantitative estimate of drug-likeness (QED) is 0.0150. The number of allylic oxidation sites excluding steroid dienone is 4. The van der Waals surface area contributed by atoms with Crippen molar-refractivity contribution in [2.45, 2.75) is 254 Å². The summed E-state index contributed by atoms with van der Waals surface area (Å²) in [4.78, 5) is 36.5. The van der Waals surface area contributed by atoms with Crippen LogP contribution < -0.4 is 0 Å². The molecule has 1 aliphatic carbocycles. The molecular weight excluding hydrogens is 907 g/mol. The van der Waals surface area contributed by atoms with Gasteiger partial charge in [-0.15, -0.1) is 0 Å². The zero-order valence-corrected chi connectivity index (χ0v) is 41.8. The van der Waals surface area contributed by atoms with Crippen molar-refractivity contribution in [3.63, 3.8) is 0 Å². The van der Waals surface area contributed by atoms with Crippen molar-refractivity contribution in [1.29, 1.82) is 0 Å². The van der Waals surface area contributed by atoms with Crippen molar-refractivity contribution >= 4 is 19.8 Å². The Bertz CT molecular complexity index is 1420. The van der Waals surface area contributed by atoms with Gasteiger partial charge >= 0.3 is 19.8 Å². The van der Waals surface area contributed by atoms with E-state index in [-0.39, 0.29) is 12.8 Å². The lowest BCUT2D eigenvalue weighted by atomic mass is 9.84. The number of aliphatic hydroxyl groups is 8. The second kappa shape index (κ2) is 37.0. The maximum atomic E-state index is 13.4. The molecule has 0 aromatic heterocycles. The molecule has 2 aliphatic rings. The van der Waals surface area contributed by atoms with Crippen LogP contribution in [0.1, 0.15) is 181 Å². The number of unbranched alkanes of at least 4 members (excludes halogenated alkanes) is 20. The maximum Gasteiger partial charge on any atom is 0.472 e. The van der Waals surface area contributed by atoms with E-state index in [2.05, 4.69) is 38.2 Å². The number of carbonyl (C=O) groups excluding carboxylic acids is 2. The molecule has 0 spiro atoms. The summed E-state index contributed by atoms with van der Waals surface area (Å²) >= 11 is 0. The first-order valence-corrected chi connectivity index (χ1v) is 27.2. The lowest BCUT2D eigenvalue weighted by Gasteiger charge is -2.47. The molecule has 1 saturated heterocycles. The minimum atomic E-state index is -5.38. The van der Waals surface area contributed by atoms with E-state index in [1.165, 1.54) is 64.2 Å². The normalized spacial score (nSPS) is 28.0.